The lowest BCUT2D eigenvalue weighted by Gasteiger charge is -2.09. The maximum absolute atomic E-state index is 9.12. The third-order valence-electron chi connectivity index (χ3n) is 4.05. The molecular formula is C22H22N4. The largest absolute Gasteiger partial charge is 0.324 e. The van der Waals surface area contributed by atoms with Crippen LogP contribution in [0.1, 0.15) is 30.5 Å². The molecule has 0 bridgehead atoms. The quantitative estimate of drug-likeness (QED) is 0.686. The molecule has 1 aromatic heterocycles. The van der Waals surface area contributed by atoms with Crippen molar-refractivity contribution in [3.05, 3.63) is 71.5 Å². The summed E-state index contributed by atoms with van der Waals surface area (Å²) in [6.45, 7) is 6.41. The van der Waals surface area contributed by atoms with E-state index in [2.05, 4.69) is 59.5 Å². The summed E-state index contributed by atoms with van der Waals surface area (Å²) >= 11 is 0. The predicted octanol–water partition coefficient (Wildman–Crippen LogP) is 5.27. The number of aromatic nitrogens is 2. The van der Waals surface area contributed by atoms with Gasteiger partial charge in [-0.3, -0.25) is 0 Å². The highest BCUT2D eigenvalue weighted by atomic mass is 15.1. The van der Waals surface area contributed by atoms with Gasteiger partial charge in [-0.15, -0.1) is 0 Å². The molecule has 0 aliphatic heterocycles. The van der Waals surface area contributed by atoms with Crippen LogP contribution in [0.2, 0.25) is 0 Å². The van der Waals surface area contributed by atoms with Gasteiger partial charge in [-0.1, -0.05) is 32.0 Å². The van der Waals surface area contributed by atoms with Gasteiger partial charge < -0.3 is 5.32 Å². The Morgan fingerprint density at radius 1 is 1.00 bits per heavy atom. The van der Waals surface area contributed by atoms with Crippen LogP contribution in [-0.2, 0) is 6.42 Å². The van der Waals surface area contributed by atoms with Gasteiger partial charge in [0.25, 0.3) is 0 Å². The minimum atomic E-state index is 0.554. The summed E-state index contributed by atoms with van der Waals surface area (Å²) in [6, 6.07) is 16.3. The maximum atomic E-state index is 9.12. The third kappa shape index (κ3) is 4.46. The van der Waals surface area contributed by atoms with Gasteiger partial charge in [0.15, 0.2) is 0 Å². The van der Waals surface area contributed by atoms with Crippen LogP contribution in [0.15, 0.2) is 54.9 Å². The monoisotopic (exact) mass is 342 g/mol. The molecule has 0 radical (unpaired) electrons. The Morgan fingerprint density at radius 2 is 1.69 bits per heavy atom. The molecule has 0 fully saturated rings. The molecule has 0 unspecified atom stereocenters. The van der Waals surface area contributed by atoms with E-state index in [1.165, 1.54) is 5.56 Å². The van der Waals surface area contributed by atoms with E-state index in [1.807, 2.05) is 25.1 Å². The van der Waals surface area contributed by atoms with Gasteiger partial charge in [-0.2, -0.15) is 5.26 Å². The van der Waals surface area contributed by atoms with Crippen molar-refractivity contribution in [3.63, 3.8) is 0 Å². The van der Waals surface area contributed by atoms with Crippen molar-refractivity contribution in [2.24, 2.45) is 5.92 Å². The second-order valence-electron chi connectivity index (χ2n) is 6.91. The first kappa shape index (κ1) is 17.6. The molecule has 0 aliphatic rings. The molecule has 1 heterocycles. The predicted molar refractivity (Wildman–Crippen MR) is 105 cm³/mol. The molecule has 0 spiro atoms. The van der Waals surface area contributed by atoms with Crippen molar-refractivity contribution in [1.29, 1.82) is 5.26 Å². The average Bonchev–Trinajstić information content (AvgIpc) is 2.63. The fourth-order valence-corrected chi connectivity index (χ4v) is 2.88. The van der Waals surface area contributed by atoms with Crippen LogP contribution in [0, 0.1) is 24.2 Å². The van der Waals surface area contributed by atoms with Crippen LogP contribution in [-0.4, -0.2) is 9.97 Å². The Morgan fingerprint density at radius 3 is 2.31 bits per heavy atom. The number of nitrogens with one attached hydrogen (secondary N) is 1. The highest BCUT2D eigenvalue weighted by molar-refractivity contribution is 5.65. The summed E-state index contributed by atoms with van der Waals surface area (Å²) in [5.74, 6) is 1.20. The van der Waals surface area contributed by atoms with E-state index in [0.29, 0.717) is 17.4 Å². The molecule has 3 aromatic rings. The number of nitriles is 1. The van der Waals surface area contributed by atoms with Crippen molar-refractivity contribution in [2.75, 3.05) is 5.32 Å². The zero-order valence-corrected chi connectivity index (χ0v) is 15.3. The van der Waals surface area contributed by atoms with Crippen molar-refractivity contribution >= 4 is 11.6 Å². The first-order valence-electron chi connectivity index (χ1n) is 8.73. The first-order valence-corrected chi connectivity index (χ1v) is 8.73. The fourth-order valence-electron chi connectivity index (χ4n) is 2.88. The molecule has 0 saturated heterocycles. The second kappa shape index (κ2) is 7.79. The lowest BCUT2D eigenvalue weighted by molar-refractivity contribution is 0.647. The molecule has 1 N–H and O–H groups in total. The van der Waals surface area contributed by atoms with E-state index in [0.717, 1.165) is 28.8 Å². The van der Waals surface area contributed by atoms with Crippen LogP contribution in [0.25, 0.3) is 11.1 Å². The zero-order chi connectivity index (χ0) is 18.5. The number of nitrogens with zero attached hydrogens (tertiary/aromatic N) is 3. The molecule has 0 saturated carbocycles. The fraction of sp³-hybridized carbons (Fsp3) is 0.227. The maximum Gasteiger partial charge on any atom is 0.227 e. The molecule has 130 valence electrons. The smallest absolute Gasteiger partial charge is 0.227 e. The Hall–Kier alpha value is -3.19. The topological polar surface area (TPSA) is 61.6 Å². The second-order valence-corrected chi connectivity index (χ2v) is 6.91. The number of anilines is 2. The summed E-state index contributed by atoms with van der Waals surface area (Å²) in [7, 11) is 0. The third-order valence-corrected chi connectivity index (χ3v) is 4.05. The summed E-state index contributed by atoms with van der Waals surface area (Å²) in [5.41, 5.74) is 5.82. The first-order chi connectivity index (χ1) is 12.5. The Bertz CT molecular complexity index is 920. The molecule has 0 atom stereocenters. The van der Waals surface area contributed by atoms with Crippen molar-refractivity contribution in [1.82, 2.24) is 9.97 Å². The molecular weight excluding hydrogens is 320 g/mol. The number of hydrogen-bond acceptors (Lipinski definition) is 4. The summed E-state index contributed by atoms with van der Waals surface area (Å²) in [5, 5.41) is 12.3. The van der Waals surface area contributed by atoms with Crippen LogP contribution in [0.5, 0.6) is 0 Å². The van der Waals surface area contributed by atoms with Crippen molar-refractivity contribution in [2.45, 2.75) is 27.2 Å². The van der Waals surface area contributed by atoms with E-state index < -0.39 is 0 Å². The van der Waals surface area contributed by atoms with Gasteiger partial charge in [0.1, 0.15) is 0 Å². The highest BCUT2D eigenvalue weighted by Crippen LogP contribution is 2.22. The lowest BCUT2D eigenvalue weighted by atomic mass is 10.0. The van der Waals surface area contributed by atoms with Gasteiger partial charge in [-0.05, 0) is 60.2 Å². The minimum Gasteiger partial charge on any atom is -0.324 e. The molecule has 0 amide bonds. The van der Waals surface area contributed by atoms with Crippen LogP contribution >= 0.6 is 0 Å². The SMILES string of the molecule is Cc1cc(C#N)cc(-c2cnc(Nc3ccc(CC(C)C)cc3)nc2)c1. The molecule has 26 heavy (non-hydrogen) atoms. The number of benzene rings is 2. The molecule has 4 heteroatoms. The lowest BCUT2D eigenvalue weighted by Crippen LogP contribution is -1.98. The standard InChI is InChI=1S/C22H22N4/c1-15(2)8-17-4-6-21(7-5-17)26-22-24-13-20(14-25-22)19-10-16(3)9-18(11-19)12-23/h4-7,9-11,13-15H,8H2,1-3H3,(H,24,25,26). The van der Waals surface area contributed by atoms with Crippen molar-refractivity contribution in [3.8, 4) is 17.2 Å². The normalized spacial score (nSPS) is 10.6. The van der Waals surface area contributed by atoms with E-state index in [1.54, 1.807) is 12.4 Å². The van der Waals surface area contributed by atoms with E-state index in [4.69, 9.17) is 5.26 Å². The molecule has 0 aliphatic carbocycles. The Kier molecular flexibility index (Phi) is 5.28. The summed E-state index contributed by atoms with van der Waals surface area (Å²) in [6.07, 6.45) is 4.63. The number of hydrogen-bond donors (Lipinski definition) is 1. The summed E-state index contributed by atoms with van der Waals surface area (Å²) < 4.78 is 0. The van der Waals surface area contributed by atoms with Gasteiger partial charge >= 0.3 is 0 Å². The zero-order valence-electron chi connectivity index (χ0n) is 15.3. The number of aryl methyl sites for hydroxylation is 1. The van der Waals surface area contributed by atoms with E-state index in [9.17, 15) is 0 Å². The Balaban J connectivity index is 1.74. The van der Waals surface area contributed by atoms with Crippen LogP contribution < -0.4 is 5.32 Å². The van der Waals surface area contributed by atoms with Crippen LogP contribution in [0.3, 0.4) is 0 Å². The Labute approximate surface area is 154 Å². The van der Waals surface area contributed by atoms with Gasteiger partial charge in [0, 0.05) is 23.6 Å². The van der Waals surface area contributed by atoms with Gasteiger partial charge in [0.05, 0.1) is 11.6 Å². The highest BCUT2D eigenvalue weighted by Gasteiger charge is 2.04. The average molecular weight is 342 g/mol. The minimum absolute atomic E-state index is 0.554. The molecule has 4 nitrogen and oxygen atoms in total. The van der Waals surface area contributed by atoms with Crippen molar-refractivity contribution < 1.29 is 0 Å². The molecule has 2 aromatic carbocycles. The van der Waals surface area contributed by atoms with E-state index in [-0.39, 0.29) is 0 Å². The van der Waals surface area contributed by atoms with Gasteiger partial charge in [-0.25, -0.2) is 9.97 Å². The summed E-state index contributed by atoms with van der Waals surface area (Å²) in [4.78, 5) is 8.80. The van der Waals surface area contributed by atoms with Gasteiger partial charge in [0.2, 0.25) is 5.95 Å². The van der Waals surface area contributed by atoms with E-state index >= 15 is 0 Å². The number of rotatable bonds is 5. The molecule has 3 rings (SSSR count). The van der Waals surface area contributed by atoms with Crippen LogP contribution in [0.4, 0.5) is 11.6 Å².